The van der Waals surface area contributed by atoms with Gasteiger partial charge >= 0.3 is 0 Å². The highest BCUT2D eigenvalue weighted by Gasteiger charge is 2.28. The minimum Gasteiger partial charge on any atom is -0.191 e. The van der Waals surface area contributed by atoms with Crippen LogP contribution in [-0.2, 0) is 6.42 Å². The fourth-order valence-electron chi connectivity index (χ4n) is 3.15. The molecule has 0 amide bonds. The van der Waals surface area contributed by atoms with Crippen LogP contribution >= 0.6 is 11.8 Å². The fourth-order valence-corrected chi connectivity index (χ4v) is 4.32. The lowest BCUT2D eigenvalue weighted by Crippen LogP contribution is -2.22. The first-order chi connectivity index (χ1) is 10.4. The lowest BCUT2D eigenvalue weighted by atomic mass is 10.1. The van der Waals surface area contributed by atoms with Crippen LogP contribution in [0.15, 0.2) is 10.3 Å². The van der Waals surface area contributed by atoms with Crippen molar-refractivity contribution < 1.29 is 0 Å². The van der Waals surface area contributed by atoms with Gasteiger partial charge in [-0.05, 0) is 25.7 Å². The number of hydrogen-bond donors (Lipinski definition) is 0. The number of thioether (sulfide) groups is 1. The van der Waals surface area contributed by atoms with Gasteiger partial charge in [-0.2, -0.15) is 9.78 Å². The van der Waals surface area contributed by atoms with Gasteiger partial charge in [0.2, 0.25) is 5.16 Å². The summed E-state index contributed by atoms with van der Waals surface area (Å²) in [7, 11) is 0. The molecule has 5 heteroatoms. The zero-order valence-electron chi connectivity index (χ0n) is 13.1. The van der Waals surface area contributed by atoms with Crippen molar-refractivity contribution in [1.29, 1.82) is 0 Å². The van der Waals surface area contributed by atoms with E-state index in [0.29, 0.717) is 5.25 Å². The van der Waals surface area contributed by atoms with E-state index >= 15 is 0 Å². The molecular weight excluding hydrogens is 280 g/mol. The van der Waals surface area contributed by atoms with Gasteiger partial charge in [0, 0.05) is 6.42 Å². The van der Waals surface area contributed by atoms with Gasteiger partial charge < -0.3 is 0 Å². The molecule has 1 aromatic heterocycles. The monoisotopic (exact) mass is 306 g/mol. The number of aryl methyl sites for hydroxylation is 1. The van der Waals surface area contributed by atoms with E-state index in [-0.39, 0.29) is 0 Å². The molecule has 1 saturated carbocycles. The van der Waals surface area contributed by atoms with Crippen LogP contribution in [0.25, 0.3) is 0 Å². The smallest absolute Gasteiger partial charge is 0.191 e. The summed E-state index contributed by atoms with van der Waals surface area (Å²) in [4.78, 5) is 0. The first-order valence-corrected chi connectivity index (χ1v) is 9.45. The van der Waals surface area contributed by atoms with Crippen molar-refractivity contribution in [2.45, 2.75) is 88.0 Å². The molecule has 0 bridgehead atoms. The quantitative estimate of drug-likeness (QED) is 0.730. The number of fused-ring (bicyclic) bond motifs is 2. The maximum absolute atomic E-state index is 4.89. The molecule has 116 valence electrons. The predicted molar refractivity (Wildman–Crippen MR) is 88.0 cm³/mol. The van der Waals surface area contributed by atoms with Gasteiger partial charge in [-0.1, -0.05) is 57.2 Å². The molecule has 1 aliphatic carbocycles. The van der Waals surface area contributed by atoms with Gasteiger partial charge in [0.15, 0.2) is 5.82 Å². The summed E-state index contributed by atoms with van der Waals surface area (Å²) in [6.45, 7) is 2.26. The molecule has 4 nitrogen and oxygen atoms in total. The molecule has 1 unspecified atom stereocenters. The van der Waals surface area contributed by atoms with E-state index in [1.165, 1.54) is 63.5 Å². The second-order valence-electron chi connectivity index (χ2n) is 6.17. The average molecular weight is 306 g/mol. The van der Waals surface area contributed by atoms with Gasteiger partial charge in [-0.3, -0.25) is 0 Å². The Morgan fingerprint density at radius 1 is 1.10 bits per heavy atom. The van der Waals surface area contributed by atoms with Crippen molar-refractivity contribution in [2.24, 2.45) is 5.10 Å². The third kappa shape index (κ3) is 3.68. The van der Waals surface area contributed by atoms with Crippen LogP contribution in [0, 0.1) is 0 Å². The fraction of sp³-hybridized carbons (Fsp3) is 0.812. The highest BCUT2D eigenvalue weighted by molar-refractivity contribution is 8.00. The van der Waals surface area contributed by atoms with Crippen LogP contribution in [0.4, 0.5) is 0 Å². The molecule has 1 aromatic rings. The first kappa shape index (κ1) is 15.1. The van der Waals surface area contributed by atoms with Crippen LogP contribution in [0.2, 0.25) is 0 Å². The normalized spacial score (nSPS) is 21.4. The third-order valence-corrected chi connectivity index (χ3v) is 5.69. The molecule has 2 aliphatic rings. The SMILES string of the molecule is CCCCCCCc1nnc2n1N=C1CCCCCC1S2. The molecule has 3 rings (SSSR count). The number of rotatable bonds is 6. The van der Waals surface area contributed by atoms with E-state index < -0.39 is 0 Å². The molecule has 2 heterocycles. The maximum atomic E-state index is 4.89. The summed E-state index contributed by atoms with van der Waals surface area (Å²) in [6.07, 6.45) is 13.9. The Bertz CT molecular complexity index is 494. The number of nitrogens with zero attached hydrogens (tertiary/aromatic N) is 4. The number of unbranched alkanes of at least 4 members (excludes halogenated alkanes) is 4. The zero-order valence-corrected chi connectivity index (χ0v) is 13.9. The van der Waals surface area contributed by atoms with E-state index in [4.69, 9.17) is 5.10 Å². The molecule has 1 fully saturated rings. The summed E-state index contributed by atoms with van der Waals surface area (Å²) >= 11 is 1.88. The Balaban J connectivity index is 1.64. The molecule has 0 aromatic carbocycles. The van der Waals surface area contributed by atoms with Gasteiger partial charge in [0.25, 0.3) is 0 Å². The lowest BCUT2D eigenvalue weighted by Gasteiger charge is -2.20. The third-order valence-electron chi connectivity index (χ3n) is 4.43. The average Bonchev–Trinajstić information content (AvgIpc) is 2.74. The zero-order chi connectivity index (χ0) is 14.5. The predicted octanol–water partition coefficient (Wildman–Crippen LogP) is 4.43. The van der Waals surface area contributed by atoms with Crippen LogP contribution < -0.4 is 0 Å². The van der Waals surface area contributed by atoms with Gasteiger partial charge in [0.1, 0.15) is 0 Å². The highest BCUT2D eigenvalue weighted by atomic mass is 32.2. The molecule has 0 saturated heterocycles. The van der Waals surface area contributed by atoms with Gasteiger partial charge in [-0.15, -0.1) is 10.2 Å². The summed E-state index contributed by atoms with van der Waals surface area (Å²) in [5.41, 5.74) is 1.37. The summed E-state index contributed by atoms with van der Waals surface area (Å²) in [5.74, 6) is 1.06. The molecular formula is C16H26N4S. The molecule has 0 N–H and O–H groups in total. The summed E-state index contributed by atoms with van der Waals surface area (Å²) in [5, 5.41) is 15.2. The van der Waals surface area contributed by atoms with Crippen molar-refractivity contribution in [3.63, 3.8) is 0 Å². The van der Waals surface area contributed by atoms with Crippen molar-refractivity contribution in [3.8, 4) is 0 Å². The summed E-state index contributed by atoms with van der Waals surface area (Å²) < 4.78 is 2.03. The minimum absolute atomic E-state index is 0.557. The van der Waals surface area contributed by atoms with Crippen molar-refractivity contribution in [3.05, 3.63) is 5.82 Å². The van der Waals surface area contributed by atoms with E-state index in [1.54, 1.807) is 0 Å². The van der Waals surface area contributed by atoms with Crippen LogP contribution in [-0.4, -0.2) is 25.8 Å². The van der Waals surface area contributed by atoms with E-state index in [0.717, 1.165) is 23.8 Å². The topological polar surface area (TPSA) is 43.1 Å². The van der Waals surface area contributed by atoms with Crippen molar-refractivity contribution in [1.82, 2.24) is 14.9 Å². The Labute approximate surface area is 131 Å². The number of hydrogen-bond acceptors (Lipinski definition) is 4. The van der Waals surface area contributed by atoms with Gasteiger partial charge in [0.05, 0.1) is 11.0 Å². The Morgan fingerprint density at radius 3 is 2.90 bits per heavy atom. The largest absolute Gasteiger partial charge is 0.212 e. The van der Waals surface area contributed by atoms with Crippen LogP contribution in [0.3, 0.4) is 0 Å². The van der Waals surface area contributed by atoms with Crippen molar-refractivity contribution in [2.75, 3.05) is 0 Å². The summed E-state index contributed by atoms with van der Waals surface area (Å²) in [6, 6.07) is 0. The van der Waals surface area contributed by atoms with Crippen LogP contribution in [0.1, 0.15) is 77.0 Å². The highest BCUT2D eigenvalue weighted by Crippen LogP contribution is 2.34. The second-order valence-corrected chi connectivity index (χ2v) is 7.34. The Kier molecular flexibility index (Phi) is 5.33. The first-order valence-electron chi connectivity index (χ1n) is 8.57. The van der Waals surface area contributed by atoms with E-state index in [9.17, 15) is 0 Å². The van der Waals surface area contributed by atoms with Crippen molar-refractivity contribution >= 4 is 17.5 Å². The lowest BCUT2D eigenvalue weighted by molar-refractivity contribution is 0.603. The molecule has 21 heavy (non-hydrogen) atoms. The van der Waals surface area contributed by atoms with Crippen LogP contribution in [0.5, 0.6) is 0 Å². The molecule has 0 spiro atoms. The number of aromatic nitrogens is 3. The molecule has 1 aliphatic heterocycles. The minimum atomic E-state index is 0.557. The standard InChI is InChI=1S/C16H26N4S/c1-2-3-4-5-9-12-15-17-18-16-20(15)19-13-10-7-6-8-11-14(13)21-16/h14H,2-12H2,1H3. The van der Waals surface area contributed by atoms with E-state index in [2.05, 4.69) is 17.1 Å². The van der Waals surface area contributed by atoms with E-state index in [1.807, 2.05) is 16.4 Å². The van der Waals surface area contributed by atoms with Gasteiger partial charge in [-0.25, -0.2) is 0 Å². The molecule has 0 radical (unpaired) electrons. The Morgan fingerprint density at radius 2 is 2.00 bits per heavy atom. The Hall–Kier alpha value is -0.840. The molecule has 1 atom stereocenters. The second kappa shape index (κ2) is 7.43. The maximum Gasteiger partial charge on any atom is 0.212 e.